The number of hydrogen-bond donors (Lipinski definition) is 6. The molecule has 0 bridgehead atoms. The van der Waals surface area contributed by atoms with E-state index in [1.807, 2.05) is 18.2 Å². The number of ether oxygens (including phenoxy) is 2. The molecular formula is C30H58N8O2. The Kier molecular flexibility index (Phi) is 30.0. The van der Waals surface area contributed by atoms with E-state index in [4.69, 9.17) is 9.47 Å². The van der Waals surface area contributed by atoms with Crippen molar-refractivity contribution in [3.8, 4) is 0 Å². The number of imidazole rings is 1. The number of nitrogens with zero attached hydrogens (tertiary/aromatic N) is 2. The van der Waals surface area contributed by atoms with E-state index < -0.39 is 0 Å². The monoisotopic (exact) mass is 562 g/mol. The summed E-state index contributed by atoms with van der Waals surface area (Å²) in [5.74, 6) is 0. The molecule has 0 amide bonds. The lowest BCUT2D eigenvalue weighted by atomic mass is 10.2. The van der Waals surface area contributed by atoms with Crippen LogP contribution in [0.1, 0.15) is 51.4 Å². The topological polar surface area (TPSA) is 120 Å². The smallest absolute Gasteiger partial charge is 0.0919 e. The van der Waals surface area contributed by atoms with E-state index in [9.17, 15) is 0 Å². The fourth-order valence-corrected chi connectivity index (χ4v) is 3.76. The van der Waals surface area contributed by atoms with Crippen LogP contribution in [0.4, 0.5) is 0 Å². The number of aromatic nitrogens is 3. The van der Waals surface area contributed by atoms with Crippen LogP contribution in [-0.2, 0) is 9.47 Å². The lowest BCUT2D eigenvalue weighted by Gasteiger charge is -2.11. The summed E-state index contributed by atoms with van der Waals surface area (Å²) in [4.78, 5) is 10.2. The first-order valence-electron chi connectivity index (χ1n) is 15.5. The molecule has 5 saturated heterocycles. The second-order valence-electron chi connectivity index (χ2n) is 9.59. The van der Waals surface area contributed by atoms with Crippen LogP contribution in [0.3, 0.4) is 0 Å². The number of rotatable bonds is 0. The molecule has 5 fully saturated rings. The van der Waals surface area contributed by atoms with Crippen LogP contribution in [0.2, 0.25) is 0 Å². The number of aromatic amines is 1. The Bertz CT molecular complexity index is 501. The van der Waals surface area contributed by atoms with Gasteiger partial charge in [0.05, 0.1) is 19.5 Å². The normalized spacial score (nSPS) is 19.6. The molecule has 230 valence electrons. The average molecular weight is 563 g/mol. The number of piperazine rings is 1. The molecular weight excluding hydrogens is 504 g/mol. The number of H-pyrrole nitrogens is 1. The predicted octanol–water partition coefficient (Wildman–Crippen LogP) is 2.59. The van der Waals surface area contributed by atoms with Crippen molar-refractivity contribution >= 4 is 0 Å². The van der Waals surface area contributed by atoms with Gasteiger partial charge in [-0.15, -0.1) is 0 Å². The molecule has 7 rings (SSSR count). The van der Waals surface area contributed by atoms with Gasteiger partial charge in [-0.2, -0.15) is 0 Å². The number of pyridine rings is 1. The van der Waals surface area contributed by atoms with Crippen molar-refractivity contribution in [2.45, 2.75) is 51.4 Å². The van der Waals surface area contributed by atoms with Crippen molar-refractivity contribution in [1.29, 1.82) is 0 Å². The van der Waals surface area contributed by atoms with Gasteiger partial charge in [0, 0.05) is 77.3 Å². The second kappa shape index (κ2) is 33.3. The Morgan fingerprint density at radius 3 is 1.05 bits per heavy atom. The molecule has 6 N–H and O–H groups in total. The van der Waals surface area contributed by atoms with Crippen molar-refractivity contribution in [3.63, 3.8) is 0 Å². The standard InChI is InChI=1S/C5H11N.C5H5N.C5H10O.C4H10N2.C4H9NO.C4H9N.C3H4N2/c3*1-2-4-6-5-3-1;1-2-6-4-3-5-1;1-3-6-4-2-5-1;1-2-4-5-3-1;1-2-5-3-4-1/h6H,1-5H2;1-5H;1-5H2;5-6H,1-4H2;5H,1-4H2;5H,1-4H2;1-3H,(H,4,5). The van der Waals surface area contributed by atoms with Crippen LogP contribution < -0.4 is 26.6 Å². The highest BCUT2D eigenvalue weighted by atomic mass is 16.5. The van der Waals surface area contributed by atoms with Crippen molar-refractivity contribution in [3.05, 3.63) is 49.3 Å². The highest BCUT2D eigenvalue weighted by molar-refractivity contribution is 4.88. The molecule has 40 heavy (non-hydrogen) atoms. The fraction of sp³-hybridized carbons (Fsp3) is 0.733. The minimum Gasteiger partial charge on any atom is -0.381 e. The Morgan fingerprint density at radius 2 is 0.875 bits per heavy atom. The summed E-state index contributed by atoms with van der Waals surface area (Å²) in [5, 5.41) is 16.1. The number of piperidine rings is 1. The molecule has 5 aliphatic rings. The maximum Gasteiger partial charge on any atom is 0.0919 e. The summed E-state index contributed by atoms with van der Waals surface area (Å²) in [7, 11) is 0. The zero-order valence-corrected chi connectivity index (χ0v) is 24.9. The van der Waals surface area contributed by atoms with E-state index in [1.165, 1.54) is 77.5 Å². The van der Waals surface area contributed by atoms with E-state index in [2.05, 4.69) is 41.5 Å². The SMILES string of the molecule is C1CCNC1.C1CCNCC1.C1CCOCC1.C1CNCCN1.C1COCCN1.c1c[nH]cn1.c1ccncc1. The van der Waals surface area contributed by atoms with Gasteiger partial charge in [-0.05, 0) is 83.3 Å². The number of hydrogen-bond acceptors (Lipinski definition) is 9. The predicted molar refractivity (Wildman–Crippen MR) is 166 cm³/mol. The van der Waals surface area contributed by atoms with Gasteiger partial charge in [-0.25, -0.2) is 4.98 Å². The Balaban J connectivity index is 0.000000234. The van der Waals surface area contributed by atoms with Crippen LogP contribution in [0.15, 0.2) is 49.3 Å². The third kappa shape index (κ3) is 30.6. The molecule has 0 saturated carbocycles. The van der Waals surface area contributed by atoms with Crippen molar-refractivity contribution < 1.29 is 9.47 Å². The molecule has 10 heteroatoms. The van der Waals surface area contributed by atoms with E-state index in [1.54, 1.807) is 31.1 Å². The maximum absolute atomic E-state index is 5.07. The summed E-state index contributed by atoms with van der Waals surface area (Å²) >= 11 is 0. The van der Waals surface area contributed by atoms with Gasteiger partial charge in [0.2, 0.25) is 0 Å². The van der Waals surface area contributed by atoms with Gasteiger partial charge in [0.15, 0.2) is 0 Å². The average Bonchev–Trinajstić information content (AvgIpc) is 3.87. The molecule has 0 unspecified atom stereocenters. The van der Waals surface area contributed by atoms with Crippen molar-refractivity contribution in [1.82, 2.24) is 41.5 Å². The number of nitrogens with one attached hydrogen (secondary N) is 6. The van der Waals surface area contributed by atoms with Gasteiger partial charge in [-0.3, -0.25) is 4.98 Å². The first-order chi connectivity index (χ1) is 20.0. The third-order valence-electron chi connectivity index (χ3n) is 6.02. The summed E-state index contributed by atoms with van der Waals surface area (Å²) in [5.41, 5.74) is 0. The second-order valence-corrected chi connectivity index (χ2v) is 9.59. The summed E-state index contributed by atoms with van der Waals surface area (Å²) in [6, 6.07) is 5.72. The van der Waals surface area contributed by atoms with E-state index >= 15 is 0 Å². The molecule has 0 radical (unpaired) electrons. The maximum atomic E-state index is 5.07. The first-order valence-corrected chi connectivity index (χ1v) is 15.5. The molecule has 0 atom stereocenters. The Labute approximate surface area is 243 Å². The minimum atomic E-state index is 0.889. The van der Waals surface area contributed by atoms with Gasteiger partial charge < -0.3 is 41.0 Å². The lowest BCUT2D eigenvalue weighted by Crippen LogP contribution is -2.39. The number of morpholine rings is 1. The van der Waals surface area contributed by atoms with Crippen molar-refractivity contribution in [2.75, 3.05) is 91.9 Å². The van der Waals surface area contributed by atoms with Gasteiger partial charge in [0.25, 0.3) is 0 Å². The van der Waals surface area contributed by atoms with Crippen molar-refractivity contribution in [2.24, 2.45) is 0 Å². The van der Waals surface area contributed by atoms with Gasteiger partial charge in [0.1, 0.15) is 0 Å². The summed E-state index contributed by atoms with van der Waals surface area (Å²) in [6.45, 7) is 15.4. The molecule has 0 aliphatic carbocycles. The summed E-state index contributed by atoms with van der Waals surface area (Å²) in [6.07, 6.45) is 19.5. The molecule has 0 aromatic carbocycles. The third-order valence-corrected chi connectivity index (χ3v) is 6.02. The molecule has 2 aromatic heterocycles. The van der Waals surface area contributed by atoms with Crippen LogP contribution >= 0.6 is 0 Å². The molecule has 2 aromatic rings. The zero-order valence-electron chi connectivity index (χ0n) is 24.9. The molecule has 7 heterocycles. The van der Waals surface area contributed by atoms with Gasteiger partial charge in [-0.1, -0.05) is 12.5 Å². The van der Waals surface area contributed by atoms with Crippen LogP contribution in [-0.4, -0.2) is 107 Å². The fourth-order valence-electron chi connectivity index (χ4n) is 3.76. The molecule has 10 nitrogen and oxygen atoms in total. The van der Waals surface area contributed by atoms with E-state index in [0.717, 1.165) is 65.7 Å². The largest absolute Gasteiger partial charge is 0.381 e. The zero-order chi connectivity index (χ0) is 28.3. The first kappa shape index (κ1) is 36.1. The quantitative estimate of drug-likeness (QED) is 0.288. The molecule has 5 aliphatic heterocycles. The summed E-state index contributed by atoms with van der Waals surface area (Å²) < 4.78 is 10.1. The Morgan fingerprint density at radius 1 is 0.400 bits per heavy atom. The van der Waals surface area contributed by atoms with Crippen LogP contribution in [0.5, 0.6) is 0 Å². The highest BCUT2D eigenvalue weighted by Gasteiger charge is 1.96. The van der Waals surface area contributed by atoms with E-state index in [0.29, 0.717) is 0 Å². The van der Waals surface area contributed by atoms with Gasteiger partial charge >= 0.3 is 0 Å². The van der Waals surface area contributed by atoms with Crippen LogP contribution in [0.25, 0.3) is 0 Å². The minimum absolute atomic E-state index is 0.889. The highest BCUT2D eigenvalue weighted by Crippen LogP contribution is 2.02. The van der Waals surface area contributed by atoms with Crippen LogP contribution in [0, 0.1) is 0 Å². The lowest BCUT2D eigenvalue weighted by molar-refractivity contribution is 0.0968. The van der Waals surface area contributed by atoms with E-state index in [-0.39, 0.29) is 0 Å². The Hall–Kier alpha value is -1.92. The molecule has 0 spiro atoms.